The SMILES string of the molecule is CC(C)NCc1ccccc1S(=O)(=O)N(C)C(C)C1CC1. The third-order valence-electron chi connectivity index (χ3n) is 4.21. The molecule has 1 N–H and O–H groups in total. The molecule has 1 atom stereocenters. The van der Waals surface area contributed by atoms with E-state index in [1.807, 2.05) is 19.1 Å². The minimum Gasteiger partial charge on any atom is -0.310 e. The van der Waals surface area contributed by atoms with Crippen LogP contribution in [0.5, 0.6) is 0 Å². The summed E-state index contributed by atoms with van der Waals surface area (Å²) in [6.07, 6.45) is 2.27. The lowest BCUT2D eigenvalue weighted by molar-refractivity contribution is 0.356. The lowest BCUT2D eigenvalue weighted by atomic mass is 10.2. The van der Waals surface area contributed by atoms with E-state index >= 15 is 0 Å². The lowest BCUT2D eigenvalue weighted by Gasteiger charge is -2.25. The van der Waals surface area contributed by atoms with Gasteiger partial charge in [0.15, 0.2) is 0 Å². The predicted octanol–water partition coefficient (Wildman–Crippen LogP) is 2.60. The summed E-state index contributed by atoms with van der Waals surface area (Å²) in [7, 11) is -1.73. The van der Waals surface area contributed by atoms with Crippen molar-refractivity contribution in [2.45, 2.75) is 57.1 Å². The van der Waals surface area contributed by atoms with Gasteiger partial charge in [0.05, 0.1) is 4.90 Å². The molecule has 2 rings (SSSR count). The van der Waals surface area contributed by atoms with Crippen LogP contribution in [0, 0.1) is 5.92 Å². The summed E-state index contributed by atoms with van der Waals surface area (Å²) in [5.41, 5.74) is 0.834. The molecule has 4 nitrogen and oxygen atoms in total. The zero-order valence-corrected chi connectivity index (χ0v) is 14.2. The van der Waals surface area contributed by atoms with Crippen molar-refractivity contribution in [1.29, 1.82) is 0 Å². The second-order valence-corrected chi connectivity index (χ2v) is 8.21. The van der Waals surface area contributed by atoms with Gasteiger partial charge in [-0.15, -0.1) is 0 Å². The zero-order chi connectivity index (χ0) is 15.6. The Hall–Kier alpha value is -0.910. The molecule has 1 aliphatic carbocycles. The molecule has 21 heavy (non-hydrogen) atoms. The predicted molar refractivity (Wildman–Crippen MR) is 85.6 cm³/mol. The van der Waals surface area contributed by atoms with Crippen molar-refractivity contribution in [3.63, 3.8) is 0 Å². The second-order valence-electron chi connectivity index (χ2n) is 6.24. The molecule has 0 aromatic heterocycles. The van der Waals surface area contributed by atoms with Crippen LogP contribution in [0.2, 0.25) is 0 Å². The molecule has 0 heterocycles. The third kappa shape index (κ3) is 3.84. The number of nitrogens with one attached hydrogen (secondary N) is 1. The van der Waals surface area contributed by atoms with Crippen molar-refractivity contribution in [2.24, 2.45) is 5.92 Å². The van der Waals surface area contributed by atoms with Crippen molar-refractivity contribution < 1.29 is 8.42 Å². The molecule has 0 bridgehead atoms. The molecule has 1 aromatic rings. The standard InChI is InChI=1S/C16H26N2O2S/c1-12(2)17-11-15-7-5-6-8-16(15)21(19,20)18(4)13(3)14-9-10-14/h5-8,12-14,17H,9-11H2,1-4H3. The van der Waals surface area contributed by atoms with Gasteiger partial charge in [0.25, 0.3) is 0 Å². The minimum absolute atomic E-state index is 0.0705. The van der Waals surface area contributed by atoms with Crippen LogP contribution in [-0.4, -0.2) is 31.9 Å². The van der Waals surface area contributed by atoms with Gasteiger partial charge in [0.1, 0.15) is 0 Å². The Labute approximate surface area is 128 Å². The van der Waals surface area contributed by atoms with Crippen LogP contribution in [-0.2, 0) is 16.6 Å². The maximum absolute atomic E-state index is 12.9. The summed E-state index contributed by atoms with van der Waals surface area (Å²) in [4.78, 5) is 0.424. The topological polar surface area (TPSA) is 49.4 Å². The molecule has 5 heteroatoms. The number of hydrogen-bond donors (Lipinski definition) is 1. The van der Waals surface area contributed by atoms with E-state index in [-0.39, 0.29) is 6.04 Å². The Kier molecular flexibility index (Phi) is 5.07. The van der Waals surface area contributed by atoms with E-state index in [4.69, 9.17) is 0 Å². The van der Waals surface area contributed by atoms with Crippen LogP contribution in [0.3, 0.4) is 0 Å². The lowest BCUT2D eigenvalue weighted by Crippen LogP contribution is -2.37. The Morgan fingerprint density at radius 3 is 2.43 bits per heavy atom. The summed E-state index contributed by atoms with van der Waals surface area (Å²) in [5.74, 6) is 0.519. The summed E-state index contributed by atoms with van der Waals surface area (Å²) in [6, 6.07) is 7.67. The summed E-state index contributed by atoms with van der Waals surface area (Å²) >= 11 is 0. The first-order valence-electron chi connectivity index (χ1n) is 7.63. The normalized spacial score (nSPS) is 17.4. The second kappa shape index (κ2) is 6.46. The van der Waals surface area contributed by atoms with Crippen molar-refractivity contribution in [1.82, 2.24) is 9.62 Å². The maximum atomic E-state index is 12.9. The fourth-order valence-electron chi connectivity index (χ4n) is 2.47. The number of rotatable bonds is 7. The van der Waals surface area contributed by atoms with E-state index < -0.39 is 10.0 Å². The third-order valence-corrected chi connectivity index (χ3v) is 6.25. The molecule has 118 valence electrons. The van der Waals surface area contributed by atoms with E-state index in [1.54, 1.807) is 23.5 Å². The molecule has 1 aliphatic rings. The van der Waals surface area contributed by atoms with Gasteiger partial charge in [-0.3, -0.25) is 0 Å². The van der Waals surface area contributed by atoms with Gasteiger partial charge in [-0.2, -0.15) is 4.31 Å². The molecule has 0 amide bonds. The number of hydrogen-bond acceptors (Lipinski definition) is 3. The van der Waals surface area contributed by atoms with Gasteiger partial charge in [0.2, 0.25) is 10.0 Å². The number of benzene rings is 1. The largest absolute Gasteiger partial charge is 0.310 e. The van der Waals surface area contributed by atoms with Crippen molar-refractivity contribution >= 4 is 10.0 Å². The highest BCUT2D eigenvalue weighted by Gasteiger charge is 2.36. The van der Waals surface area contributed by atoms with Gasteiger partial charge in [-0.05, 0) is 37.3 Å². The monoisotopic (exact) mass is 310 g/mol. The maximum Gasteiger partial charge on any atom is 0.243 e. The number of nitrogens with zero attached hydrogens (tertiary/aromatic N) is 1. The molecule has 0 saturated heterocycles. The van der Waals surface area contributed by atoms with E-state index in [9.17, 15) is 8.42 Å². The Morgan fingerprint density at radius 1 is 1.24 bits per heavy atom. The van der Waals surface area contributed by atoms with Crippen molar-refractivity contribution in [2.75, 3.05) is 7.05 Å². The molecule has 0 spiro atoms. The minimum atomic E-state index is -3.43. The molecule has 1 saturated carbocycles. The molecular formula is C16H26N2O2S. The van der Waals surface area contributed by atoms with Gasteiger partial charge in [0, 0.05) is 25.7 Å². The van der Waals surface area contributed by atoms with E-state index in [0.29, 0.717) is 23.4 Å². The van der Waals surface area contributed by atoms with Crippen LogP contribution < -0.4 is 5.32 Å². The van der Waals surface area contributed by atoms with Crippen molar-refractivity contribution in [3.8, 4) is 0 Å². The first-order chi connectivity index (χ1) is 9.84. The Morgan fingerprint density at radius 2 is 1.86 bits per heavy atom. The van der Waals surface area contributed by atoms with Gasteiger partial charge >= 0.3 is 0 Å². The van der Waals surface area contributed by atoms with Gasteiger partial charge < -0.3 is 5.32 Å². The highest BCUT2D eigenvalue weighted by Crippen LogP contribution is 2.36. The van der Waals surface area contributed by atoms with Crippen molar-refractivity contribution in [3.05, 3.63) is 29.8 Å². The van der Waals surface area contributed by atoms with E-state index in [2.05, 4.69) is 19.2 Å². The zero-order valence-electron chi connectivity index (χ0n) is 13.3. The Bertz CT molecular complexity index is 580. The van der Waals surface area contributed by atoms with Crippen LogP contribution in [0.4, 0.5) is 0 Å². The molecule has 1 aromatic carbocycles. The number of sulfonamides is 1. The molecule has 1 fully saturated rings. The molecular weight excluding hydrogens is 284 g/mol. The Balaban J connectivity index is 2.26. The van der Waals surface area contributed by atoms with Gasteiger partial charge in [-0.1, -0.05) is 32.0 Å². The van der Waals surface area contributed by atoms with Gasteiger partial charge in [-0.25, -0.2) is 8.42 Å². The summed E-state index contributed by atoms with van der Waals surface area (Å²) in [6.45, 7) is 6.68. The molecule has 0 aliphatic heterocycles. The molecule has 0 radical (unpaired) electrons. The molecule has 1 unspecified atom stereocenters. The average molecular weight is 310 g/mol. The van der Waals surface area contributed by atoms with Crippen LogP contribution in [0.15, 0.2) is 29.2 Å². The smallest absolute Gasteiger partial charge is 0.243 e. The fourth-order valence-corrected chi connectivity index (χ4v) is 4.11. The quantitative estimate of drug-likeness (QED) is 0.842. The van der Waals surface area contributed by atoms with E-state index in [1.165, 1.54) is 0 Å². The summed E-state index contributed by atoms with van der Waals surface area (Å²) < 4.78 is 27.3. The average Bonchev–Trinajstić information content (AvgIpc) is 3.28. The highest BCUT2D eigenvalue weighted by molar-refractivity contribution is 7.89. The first kappa shape index (κ1) is 16.5. The highest BCUT2D eigenvalue weighted by atomic mass is 32.2. The summed E-state index contributed by atoms with van der Waals surface area (Å²) in [5, 5.41) is 3.29. The van der Waals surface area contributed by atoms with Crippen LogP contribution >= 0.6 is 0 Å². The van der Waals surface area contributed by atoms with Crippen LogP contribution in [0.25, 0.3) is 0 Å². The van der Waals surface area contributed by atoms with E-state index in [0.717, 1.165) is 18.4 Å². The van der Waals surface area contributed by atoms with Crippen LogP contribution in [0.1, 0.15) is 39.2 Å². The first-order valence-corrected chi connectivity index (χ1v) is 9.07. The fraction of sp³-hybridized carbons (Fsp3) is 0.625.